The third-order valence-corrected chi connectivity index (χ3v) is 3.22. The Hall–Kier alpha value is -1.56. The lowest BCUT2D eigenvalue weighted by molar-refractivity contribution is 0.235. The van der Waals surface area contributed by atoms with Crippen molar-refractivity contribution in [2.75, 3.05) is 13.6 Å². The van der Waals surface area contributed by atoms with Crippen LogP contribution >= 0.6 is 15.9 Å². The number of carbonyl (C=O) groups excluding carboxylic acids is 1. The molecular weight excluding hydrogens is 286 g/mol. The van der Waals surface area contributed by atoms with Crippen molar-refractivity contribution < 1.29 is 4.79 Å². The first-order chi connectivity index (χ1) is 8.06. The average Bonchev–Trinajstić information content (AvgIpc) is 2.64. The number of fused-ring (bicyclic) bond motifs is 1. The van der Waals surface area contributed by atoms with E-state index in [2.05, 4.69) is 25.9 Å². The van der Waals surface area contributed by atoms with Crippen LogP contribution in [0.1, 0.15) is 5.56 Å². The Balaban J connectivity index is 2.14. The van der Waals surface area contributed by atoms with Crippen LogP contribution < -0.4 is 5.69 Å². The minimum Gasteiger partial charge on any atom is -0.336 e. The Kier molecular flexibility index (Phi) is 3.33. The Morgan fingerprint density at radius 1 is 1.35 bits per heavy atom. The summed E-state index contributed by atoms with van der Waals surface area (Å²) in [4.78, 5) is 28.9. The van der Waals surface area contributed by atoms with Gasteiger partial charge in [0.25, 0.3) is 4.82 Å². The van der Waals surface area contributed by atoms with Crippen LogP contribution in [0.3, 0.4) is 0 Å². The normalized spacial score (nSPS) is 10.7. The number of carbonyl (C=O) groups is 1. The molecule has 17 heavy (non-hydrogen) atoms. The van der Waals surface area contributed by atoms with Crippen LogP contribution in [0.15, 0.2) is 23.0 Å². The van der Waals surface area contributed by atoms with Gasteiger partial charge in [0.2, 0.25) is 0 Å². The summed E-state index contributed by atoms with van der Waals surface area (Å²) in [7, 11) is 1.73. The minimum absolute atomic E-state index is 0.131. The van der Waals surface area contributed by atoms with Gasteiger partial charge in [-0.25, -0.2) is 4.79 Å². The smallest absolute Gasteiger partial charge is 0.323 e. The number of amides is 1. The Morgan fingerprint density at radius 2 is 2.06 bits per heavy atom. The second-order valence-corrected chi connectivity index (χ2v) is 4.56. The van der Waals surface area contributed by atoms with Gasteiger partial charge in [0, 0.05) is 29.5 Å². The summed E-state index contributed by atoms with van der Waals surface area (Å²) in [6.07, 6.45) is 0.747. The van der Waals surface area contributed by atoms with E-state index in [1.165, 1.54) is 0 Å². The molecule has 0 saturated heterocycles. The van der Waals surface area contributed by atoms with Gasteiger partial charge < -0.3 is 14.9 Å². The predicted molar refractivity (Wildman–Crippen MR) is 69.6 cm³/mol. The number of hydrogen-bond donors (Lipinski definition) is 2. The van der Waals surface area contributed by atoms with E-state index in [1.807, 2.05) is 18.2 Å². The van der Waals surface area contributed by atoms with E-state index in [4.69, 9.17) is 0 Å². The maximum absolute atomic E-state index is 11.1. The zero-order valence-corrected chi connectivity index (χ0v) is 10.9. The molecule has 0 aliphatic rings. The molecule has 1 amide bonds. The lowest BCUT2D eigenvalue weighted by Crippen LogP contribution is -2.23. The van der Waals surface area contributed by atoms with E-state index in [-0.39, 0.29) is 10.5 Å². The molecule has 1 aromatic heterocycles. The fraction of sp³-hybridized carbons (Fsp3) is 0.273. The summed E-state index contributed by atoms with van der Waals surface area (Å²) in [5, 5.41) is 0. The maximum Gasteiger partial charge on any atom is 0.323 e. The molecule has 0 unspecified atom stereocenters. The van der Waals surface area contributed by atoms with Crippen molar-refractivity contribution in [3.8, 4) is 0 Å². The average molecular weight is 298 g/mol. The van der Waals surface area contributed by atoms with E-state index in [0.717, 1.165) is 23.0 Å². The van der Waals surface area contributed by atoms with E-state index in [1.54, 1.807) is 11.9 Å². The first kappa shape index (κ1) is 11.9. The van der Waals surface area contributed by atoms with Crippen LogP contribution in [0.2, 0.25) is 0 Å². The van der Waals surface area contributed by atoms with Gasteiger partial charge in [0.15, 0.2) is 0 Å². The van der Waals surface area contributed by atoms with Gasteiger partial charge in [-0.15, -0.1) is 0 Å². The van der Waals surface area contributed by atoms with Crippen molar-refractivity contribution in [2.45, 2.75) is 6.42 Å². The Bertz CT molecular complexity index is 602. The molecule has 6 heteroatoms. The molecule has 0 aliphatic heterocycles. The highest BCUT2D eigenvalue weighted by Crippen LogP contribution is 2.11. The van der Waals surface area contributed by atoms with Crippen molar-refractivity contribution in [2.24, 2.45) is 0 Å². The number of H-pyrrole nitrogens is 2. The van der Waals surface area contributed by atoms with Crippen LogP contribution in [0.5, 0.6) is 0 Å². The number of benzene rings is 1. The molecule has 0 radical (unpaired) electrons. The second kappa shape index (κ2) is 4.75. The molecule has 0 fully saturated rings. The van der Waals surface area contributed by atoms with Gasteiger partial charge in [-0.2, -0.15) is 0 Å². The summed E-state index contributed by atoms with van der Waals surface area (Å²) in [5.41, 5.74) is 2.46. The van der Waals surface area contributed by atoms with E-state index >= 15 is 0 Å². The summed E-state index contributed by atoms with van der Waals surface area (Å²) < 4.78 is 0. The molecule has 0 atom stereocenters. The van der Waals surface area contributed by atoms with Crippen molar-refractivity contribution >= 4 is 31.8 Å². The number of likely N-dealkylation sites (N-methyl/N-ethyl adjacent to an activating group) is 1. The Labute approximate surface area is 106 Å². The number of aromatic amines is 2. The van der Waals surface area contributed by atoms with Gasteiger partial charge in [-0.1, -0.05) is 6.07 Å². The number of aromatic nitrogens is 2. The largest absolute Gasteiger partial charge is 0.336 e. The molecule has 90 valence electrons. The lowest BCUT2D eigenvalue weighted by atomic mass is 10.1. The number of imidazole rings is 1. The first-order valence-electron chi connectivity index (χ1n) is 5.18. The Morgan fingerprint density at radius 3 is 2.76 bits per heavy atom. The molecule has 2 N–H and O–H groups in total. The highest BCUT2D eigenvalue weighted by Gasteiger charge is 2.05. The quantitative estimate of drug-likeness (QED) is 0.670. The highest BCUT2D eigenvalue weighted by molar-refractivity contribution is 9.18. The summed E-state index contributed by atoms with van der Waals surface area (Å²) in [6.45, 7) is 0.629. The minimum atomic E-state index is -0.204. The summed E-state index contributed by atoms with van der Waals surface area (Å²) >= 11 is 2.89. The van der Waals surface area contributed by atoms with Gasteiger partial charge in [-0.05, 0) is 24.1 Å². The van der Waals surface area contributed by atoms with E-state index < -0.39 is 0 Å². The van der Waals surface area contributed by atoms with Gasteiger partial charge in [-0.3, -0.25) is 4.79 Å². The molecule has 1 aromatic carbocycles. The fourth-order valence-corrected chi connectivity index (χ4v) is 1.80. The molecule has 5 nitrogen and oxygen atoms in total. The molecule has 2 aromatic rings. The zero-order chi connectivity index (χ0) is 12.4. The van der Waals surface area contributed by atoms with Crippen molar-refractivity contribution in [3.63, 3.8) is 0 Å². The molecule has 0 saturated carbocycles. The number of hydrogen-bond acceptors (Lipinski definition) is 2. The molecule has 0 aliphatic carbocycles. The number of halogens is 1. The third kappa shape index (κ3) is 2.76. The van der Waals surface area contributed by atoms with Crippen LogP contribution in [0, 0.1) is 0 Å². The first-order valence-corrected chi connectivity index (χ1v) is 5.97. The van der Waals surface area contributed by atoms with E-state index in [9.17, 15) is 9.59 Å². The number of rotatable bonds is 3. The van der Waals surface area contributed by atoms with Crippen LogP contribution in [-0.4, -0.2) is 33.3 Å². The van der Waals surface area contributed by atoms with Crippen LogP contribution in [-0.2, 0) is 6.42 Å². The fourth-order valence-electron chi connectivity index (χ4n) is 1.62. The number of nitrogens with zero attached hydrogens (tertiary/aromatic N) is 1. The van der Waals surface area contributed by atoms with Gasteiger partial charge >= 0.3 is 5.69 Å². The number of nitrogens with one attached hydrogen (secondary N) is 2. The summed E-state index contributed by atoms with van der Waals surface area (Å²) in [6, 6.07) is 5.72. The van der Waals surface area contributed by atoms with Crippen molar-refractivity contribution in [3.05, 3.63) is 34.2 Å². The highest BCUT2D eigenvalue weighted by atomic mass is 79.9. The van der Waals surface area contributed by atoms with Gasteiger partial charge in [0.1, 0.15) is 0 Å². The zero-order valence-electron chi connectivity index (χ0n) is 9.29. The monoisotopic (exact) mass is 297 g/mol. The molecule has 0 spiro atoms. The van der Waals surface area contributed by atoms with Gasteiger partial charge in [0.05, 0.1) is 11.0 Å². The SMILES string of the molecule is CN(CCc1ccc2[nH]c(=O)[nH]c2c1)C(=O)Br. The molecule has 2 rings (SSSR count). The van der Waals surface area contributed by atoms with Crippen molar-refractivity contribution in [1.82, 2.24) is 14.9 Å². The standard InChI is InChI=1S/C11H12BrN3O2/c1-15(10(12)16)5-4-7-2-3-8-9(6-7)14-11(17)13-8/h2-3,6H,4-5H2,1H3,(H2,13,14,17). The van der Waals surface area contributed by atoms with Crippen LogP contribution in [0.25, 0.3) is 11.0 Å². The molecular formula is C11H12BrN3O2. The molecule has 1 heterocycles. The molecule has 0 bridgehead atoms. The maximum atomic E-state index is 11.1. The second-order valence-electron chi connectivity index (χ2n) is 3.88. The third-order valence-electron chi connectivity index (χ3n) is 2.62. The summed E-state index contributed by atoms with van der Waals surface area (Å²) in [5.74, 6) is 0. The lowest BCUT2D eigenvalue weighted by Gasteiger charge is -2.12. The van der Waals surface area contributed by atoms with Crippen LogP contribution in [0.4, 0.5) is 4.79 Å². The topological polar surface area (TPSA) is 69.0 Å². The van der Waals surface area contributed by atoms with E-state index in [0.29, 0.717) is 6.54 Å². The van der Waals surface area contributed by atoms with Crippen molar-refractivity contribution in [1.29, 1.82) is 0 Å². The predicted octanol–water partition coefficient (Wildman–Crippen LogP) is 1.85.